The second-order valence-corrected chi connectivity index (χ2v) is 9.37. The van der Waals surface area contributed by atoms with Crippen molar-refractivity contribution in [2.24, 2.45) is 0 Å². The Morgan fingerprint density at radius 2 is 1.06 bits per heavy atom. The summed E-state index contributed by atoms with van der Waals surface area (Å²) in [5.74, 6) is 0.953. The number of nitrogens with zero attached hydrogens (tertiary/aromatic N) is 1. The van der Waals surface area contributed by atoms with Crippen LogP contribution in [0.2, 0.25) is 0 Å². The van der Waals surface area contributed by atoms with Crippen molar-refractivity contribution in [3.05, 3.63) is 96.7 Å². The zero-order chi connectivity index (χ0) is 24.3. The molecule has 0 aliphatic carbocycles. The van der Waals surface area contributed by atoms with Gasteiger partial charge in [0.25, 0.3) is 0 Å². The van der Waals surface area contributed by atoms with Crippen LogP contribution in [0.4, 0.5) is 0 Å². The maximum Gasteiger partial charge on any atom is 0.119 e. The van der Waals surface area contributed by atoms with Gasteiger partial charge in [-0.25, -0.2) is 0 Å². The predicted molar refractivity (Wildman–Crippen MR) is 149 cm³/mol. The third-order valence-corrected chi connectivity index (χ3v) is 6.53. The Kier molecular flexibility index (Phi) is 9.11. The Bertz CT molecular complexity index is 1140. The summed E-state index contributed by atoms with van der Waals surface area (Å²) in [6.07, 6.45) is 11.1. The lowest BCUT2D eigenvalue weighted by Crippen LogP contribution is -1.97. The lowest BCUT2D eigenvalue weighted by molar-refractivity contribution is 0.304. The molecule has 0 aliphatic rings. The second-order valence-electron chi connectivity index (χ2n) is 9.37. The van der Waals surface area contributed by atoms with Crippen LogP contribution in [-0.2, 0) is 0 Å². The van der Waals surface area contributed by atoms with Gasteiger partial charge in [0, 0.05) is 17.3 Å². The third kappa shape index (κ3) is 7.29. The van der Waals surface area contributed by atoms with Crippen LogP contribution in [-0.4, -0.2) is 11.6 Å². The van der Waals surface area contributed by atoms with Crippen molar-refractivity contribution in [1.82, 2.24) is 4.98 Å². The number of hydrogen-bond donors (Lipinski definition) is 0. The molecule has 3 aromatic carbocycles. The van der Waals surface area contributed by atoms with Gasteiger partial charge in [0.15, 0.2) is 0 Å². The fraction of sp³-hybridized carbons (Fsp3) is 0.303. The summed E-state index contributed by atoms with van der Waals surface area (Å²) in [6, 6.07) is 29.9. The van der Waals surface area contributed by atoms with E-state index in [2.05, 4.69) is 98.8 Å². The topological polar surface area (TPSA) is 22.1 Å². The van der Waals surface area contributed by atoms with Crippen LogP contribution < -0.4 is 4.74 Å². The molecule has 0 amide bonds. The molecule has 180 valence electrons. The molecule has 0 radical (unpaired) electrons. The van der Waals surface area contributed by atoms with E-state index in [0.29, 0.717) is 0 Å². The summed E-state index contributed by atoms with van der Waals surface area (Å²) in [5, 5.41) is 0. The summed E-state index contributed by atoms with van der Waals surface area (Å²) >= 11 is 0. The molecule has 0 fully saturated rings. The Hall–Kier alpha value is -3.39. The van der Waals surface area contributed by atoms with Crippen molar-refractivity contribution >= 4 is 0 Å². The fourth-order valence-corrected chi connectivity index (χ4v) is 4.31. The lowest BCUT2D eigenvalue weighted by Gasteiger charge is -2.09. The highest BCUT2D eigenvalue weighted by Gasteiger charge is 2.04. The van der Waals surface area contributed by atoms with E-state index in [-0.39, 0.29) is 0 Å². The Balaban J connectivity index is 1.29. The summed E-state index contributed by atoms with van der Waals surface area (Å²) in [4.78, 5) is 4.71. The molecule has 0 N–H and O–H groups in total. The largest absolute Gasteiger partial charge is 0.494 e. The van der Waals surface area contributed by atoms with Gasteiger partial charge in [-0.2, -0.15) is 0 Å². The Morgan fingerprint density at radius 1 is 0.543 bits per heavy atom. The van der Waals surface area contributed by atoms with Gasteiger partial charge in [0.1, 0.15) is 5.75 Å². The molecule has 0 spiro atoms. The van der Waals surface area contributed by atoms with Crippen molar-refractivity contribution < 1.29 is 4.74 Å². The SMILES string of the molecule is CCCCCCCCCOc1ccc(-c2ccc(-c3ccc(-c4ccc(C)cc4)cn3)cc2)cc1. The number of aryl methyl sites for hydroxylation is 1. The van der Waals surface area contributed by atoms with E-state index in [0.717, 1.165) is 35.6 Å². The molecule has 0 unspecified atom stereocenters. The van der Waals surface area contributed by atoms with Crippen LogP contribution in [0, 0.1) is 6.92 Å². The monoisotopic (exact) mass is 463 g/mol. The van der Waals surface area contributed by atoms with Crippen LogP contribution in [0.25, 0.3) is 33.5 Å². The number of hydrogen-bond acceptors (Lipinski definition) is 2. The van der Waals surface area contributed by atoms with E-state index in [4.69, 9.17) is 9.72 Å². The minimum atomic E-state index is 0.803. The van der Waals surface area contributed by atoms with Gasteiger partial charge in [-0.3, -0.25) is 4.98 Å². The number of aromatic nitrogens is 1. The average Bonchev–Trinajstić information content (AvgIpc) is 2.91. The van der Waals surface area contributed by atoms with Crippen molar-refractivity contribution in [2.45, 2.75) is 58.8 Å². The van der Waals surface area contributed by atoms with E-state index in [1.165, 1.54) is 60.8 Å². The molecule has 4 aromatic rings. The molecule has 0 saturated heterocycles. The number of pyridine rings is 1. The number of ether oxygens (including phenoxy) is 1. The standard InChI is InChI=1S/C33H37NO/c1-3-4-5-6-7-8-9-24-35-32-21-18-28(19-22-32)27-14-16-30(17-15-27)33-23-20-31(25-34-33)29-12-10-26(2)11-13-29/h10-23,25H,3-9,24H2,1-2H3. The quantitative estimate of drug-likeness (QED) is 0.195. The van der Waals surface area contributed by atoms with Gasteiger partial charge in [-0.05, 0) is 48.2 Å². The van der Waals surface area contributed by atoms with E-state index in [9.17, 15) is 0 Å². The molecule has 0 saturated carbocycles. The lowest BCUT2D eigenvalue weighted by atomic mass is 10.0. The summed E-state index contributed by atoms with van der Waals surface area (Å²) in [6.45, 7) is 5.17. The summed E-state index contributed by atoms with van der Waals surface area (Å²) in [7, 11) is 0. The first kappa shape index (κ1) is 24.7. The van der Waals surface area contributed by atoms with Gasteiger partial charge >= 0.3 is 0 Å². The normalized spacial score (nSPS) is 10.9. The van der Waals surface area contributed by atoms with Crippen molar-refractivity contribution in [3.63, 3.8) is 0 Å². The molecular formula is C33H37NO. The zero-order valence-electron chi connectivity index (χ0n) is 21.2. The van der Waals surface area contributed by atoms with Crippen molar-refractivity contribution in [3.8, 4) is 39.3 Å². The average molecular weight is 464 g/mol. The fourth-order valence-electron chi connectivity index (χ4n) is 4.31. The van der Waals surface area contributed by atoms with Gasteiger partial charge in [-0.1, -0.05) is 118 Å². The van der Waals surface area contributed by atoms with E-state index in [1.807, 2.05) is 6.20 Å². The highest BCUT2D eigenvalue weighted by atomic mass is 16.5. The van der Waals surface area contributed by atoms with Gasteiger partial charge < -0.3 is 4.74 Å². The summed E-state index contributed by atoms with van der Waals surface area (Å²) < 4.78 is 5.94. The van der Waals surface area contributed by atoms with Crippen molar-refractivity contribution in [1.29, 1.82) is 0 Å². The molecule has 1 heterocycles. The van der Waals surface area contributed by atoms with Gasteiger partial charge in [-0.15, -0.1) is 0 Å². The van der Waals surface area contributed by atoms with Gasteiger partial charge in [0.2, 0.25) is 0 Å². The molecule has 4 rings (SSSR count). The smallest absolute Gasteiger partial charge is 0.119 e. The van der Waals surface area contributed by atoms with Crippen molar-refractivity contribution in [2.75, 3.05) is 6.61 Å². The molecule has 1 aromatic heterocycles. The second kappa shape index (κ2) is 12.9. The minimum absolute atomic E-state index is 0.803. The van der Waals surface area contributed by atoms with Gasteiger partial charge in [0.05, 0.1) is 12.3 Å². The molecule has 0 aliphatic heterocycles. The first-order valence-corrected chi connectivity index (χ1v) is 13.1. The summed E-state index contributed by atoms with van der Waals surface area (Å²) in [5.41, 5.74) is 8.11. The van der Waals surface area contributed by atoms with Crippen LogP contribution in [0.5, 0.6) is 5.75 Å². The first-order valence-electron chi connectivity index (χ1n) is 13.1. The highest BCUT2D eigenvalue weighted by Crippen LogP contribution is 2.27. The zero-order valence-corrected chi connectivity index (χ0v) is 21.2. The highest BCUT2D eigenvalue weighted by molar-refractivity contribution is 5.71. The van der Waals surface area contributed by atoms with Crippen LogP contribution in [0.15, 0.2) is 91.1 Å². The molecule has 2 nitrogen and oxygen atoms in total. The van der Waals surface area contributed by atoms with Crippen LogP contribution in [0.3, 0.4) is 0 Å². The predicted octanol–water partition coefficient (Wildman–Crippen LogP) is 9.52. The maximum atomic E-state index is 5.94. The van der Waals surface area contributed by atoms with E-state index in [1.54, 1.807) is 0 Å². The Morgan fingerprint density at radius 3 is 1.69 bits per heavy atom. The molecule has 35 heavy (non-hydrogen) atoms. The van der Waals surface area contributed by atoms with Crippen LogP contribution in [0.1, 0.15) is 57.4 Å². The maximum absolute atomic E-state index is 5.94. The third-order valence-electron chi connectivity index (χ3n) is 6.53. The molecule has 0 bridgehead atoms. The number of rotatable bonds is 12. The molecule has 2 heteroatoms. The molecule has 0 atom stereocenters. The minimum Gasteiger partial charge on any atom is -0.494 e. The molecular weight excluding hydrogens is 426 g/mol. The Labute approximate surface area is 211 Å². The number of benzene rings is 3. The van der Waals surface area contributed by atoms with Crippen LogP contribution >= 0.6 is 0 Å². The number of unbranched alkanes of at least 4 members (excludes halogenated alkanes) is 6. The first-order chi connectivity index (χ1) is 17.2. The van der Waals surface area contributed by atoms with E-state index < -0.39 is 0 Å². The van der Waals surface area contributed by atoms with E-state index >= 15 is 0 Å².